The van der Waals surface area contributed by atoms with E-state index in [4.69, 9.17) is 0 Å². The second-order valence-electron chi connectivity index (χ2n) is 4.86. The Bertz CT molecular complexity index is 600. The van der Waals surface area contributed by atoms with Crippen LogP contribution in [0.25, 0.3) is 0 Å². The maximum atomic E-state index is 11.7. The molecule has 1 aromatic heterocycles. The lowest BCUT2D eigenvalue weighted by Gasteiger charge is -2.06. The molecule has 0 aliphatic carbocycles. The van der Waals surface area contributed by atoms with Crippen LogP contribution in [-0.4, -0.2) is 23.3 Å². The first-order chi connectivity index (χ1) is 10.8. The fourth-order valence-corrected chi connectivity index (χ4v) is 1.93. The zero-order chi connectivity index (χ0) is 15.6. The number of nitrogens with zero attached hydrogens (tertiary/aromatic N) is 1. The van der Waals surface area contributed by atoms with Gasteiger partial charge in [0.1, 0.15) is 0 Å². The summed E-state index contributed by atoms with van der Waals surface area (Å²) in [6.07, 6.45) is 4.13. The van der Waals surface area contributed by atoms with Crippen molar-refractivity contribution in [2.75, 3.05) is 6.54 Å². The van der Waals surface area contributed by atoms with Gasteiger partial charge in [0.25, 0.3) is 5.91 Å². The summed E-state index contributed by atoms with van der Waals surface area (Å²) in [4.78, 5) is 27.3. The van der Waals surface area contributed by atoms with Gasteiger partial charge in [-0.15, -0.1) is 0 Å². The molecule has 5 heteroatoms. The summed E-state index contributed by atoms with van der Waals surface area (Å²) in [7, 11) is 0. The Morgan fingerprint density at radius 3 is 2.55 bits per heavy atom. The van der Waals surface area contributed by atoms with E-state index < -0.39 is 0 Å². The molecule has 2 amide bonds. The molecule has 2 rings (SSSR count). The number of amides is 2. The molecule has 0 saturated carbocycles. The highest BCUT2D eigenvalue weighted by Gasteiger charge is 2.05. The SMILES string of the molecule is O=C(CCCNC(=O)c1cccnc1)NCc1ccccc1. The van der Waals surface area contributed by atoms with Crippen molar-refractivity contribution in [2.45, 2.75) is 19.4 Å². The Labute approximate surface area is 129 Å². The van der Waals surface area contributed by atoms with Gasteiger partial charge in [0.05, 0.1) is 5.56 Å². The molecule has 0 aliphatic rings. The number of carbonyl (C=O) groups excluding carboxylic acids is 2. The van der Waals surface area contributed by atoms with E-state index in [1.54, 1.807) is 18.3 Å². The standard InChI is InChI=1S/C17H19N3O2/c21-16(20-12-14-6-2-1-3-7-14)9-5-11-19-17(22)15-8-4-10-18-13-15/h1-4,6-8,10,13H,5,9,11-12H2,(H,19,22)(H,20,21). The molecule has 0 saturated heterocycles. The summed E-state index contributed by atoms with van der Waals surface area (Å²) >= 11 is 0. The van der Waals surface area contributed by atoms with Gasteiger partial charge in [-0.05, 0) is 24.1 Å². The smallest absolute Gasteiger partial charge is 0.252 e. The predicted molar refractivity (Wildman–Crippen MR) is 84.1 cm³/mol. The van der Waals surface area contributed by atoms with Crippen molar-refractivity contribution < 1.29 is 9.59 Å². The van der Waals surface area contributed by atoms with Crippen LogP contribution >= 0.6 is 0 Å². The van der Waals surface area contributed by atoms with Crippen molar-refractivity contribution in [1.82, 2.24) is 15.6 Å². The van der Waals surface area contributed by atoms with E-state index in [2.05, 4.69) is 15.6 Å². The third-order valence-electron chi connectivity index (χ3n) is 3.12. The first-order valence-corrected chi connectivity index (χ1v) is 7.24. The molecule has 1 heterocycles. The summed E-state index contributed by atoms with van der Waals surface area (Å²) < 4.78 is 0. The number of aromatic nitrogens is 1. The lowest BCUT2D eigenvalue weighted by atomic mass is 10.2. The van der Waals surface area contributed by atoms with Crippen LogP contribution in [0, 0.1) is 0 Å². The molecule has 0 bridgehead atoms. The van der Waals surface area contributed by atoms with Gasteiger partial charge < -0.3 is 10.6 Å². The van der Waals surface area contributed by atoms with E-state index in [1.807, 2.05) is 30.3 Å². The van der Waals surface area contributed by atoms with Crippen LogP contribution in [0.3, 0.4) is 0 Å². The number of pyridine rings is 1. The van der Waals surface area contributed by atoms with E-state index in [-0.39, 0.29) is 11.8 Å². The first-order valence-electron chi connectivity index (χ1n) is 7.24. The summed E-state index contributed by atoms with van der Waals surface area (Å²) in [6, 6.07) is 13.2. The summed E-state index contributed by atoms with van der Waals surface area (Å²) in [5.74, 6) is -0.183. The third kappa shape index (κ3) is 5.36. The van der Waals surface area contributed by atoms with Crippen LogP contribution < -0.4 is 10.6 Å². The monoisotopic (exact) mass is 297 g/mol. The average Bonchev–Trinajstić information content (AvgIpc) is 2.58. The van der Waals surface area contributed by atoms with Gasteiger partial charge in [0, 0.05) is 31.9 Å². The zero-order valence-electron chi connectivity index (χ0n) is 12.3. The van der Waals surface area contributed by atoms with Gasteiger partial charge in [0.2, 0.25) is 5.91 Å². The number of benzene rings is 1. The van der Waals surface area contributed by atoms with Crippen molar-refractivity contribution in [2.24, 2.45) is 0 Å². The van der Waals surface area contributed by atoms with Crippen molar-refractivity contribution in [3.05, 3.63) is 66.0 Å². The molecule has 5 nitrogen and oxygen atoms in total. The highest BCUT2D eigenvalue weighted by molar-refractivity contribution is 5.93. The number of hydrogen-bond donors (Lipinski definition) is 2. The van der Waals surface area contributed by atoms with E-state index >= 15 is 0 Å². The van der Waals surface area contributed by atoms with E-state index in [9.17, 15) is 9.59 Å². The fourth-order valence-electron chi connectivity index (χ4n) is 1.93. The average molecular weight is 297 g/mol. The second kappa shape index (κ2) is 8.56. The van der Waals surface area contributed by atoms with Gasteiger partial charge in [-0.3, -0.25) is 14.6 Å². The lowest BCUT2D eigenvalue weighted by Crippen LogP contribution is -2.27. The fraction of sp³-hybridized carbons (Fsp3) is 0.235. The molecule has 0 spiro atoms. The Hall–Kier alpha value is -2.69. The molecule has 2 aromatic rings. The van der Waals surface area contributed by atoms with Gasteiger partial charge in [-0.25, -0.2) is 0 Å². The molecule has 0 atom stereocenters. The third-order valence-corrected chi connectivity index (χ3v) is 3.12. The largest absolute Gasteiger partial charge is 0.352 e. The summed E-state index contributed by atoms with van der Waals surface area (Å²) in [5, 5.41) is 5.63. The maximum absolute atomic E-state index is 11.7. The van der Waals surface area contributed by atoms with Crippen LogP contribution in [0.1, 0.15) is 28.8 Å². The Kier molecular flexibility index (Phi) is 6.11. The normalized spacial score (nSPS) is 10.0. The molecule has 0 aliphatic heterocycles. The van der Waals surface area contributed by atoms with Crippen LogP contribution in [0.15, 0.2) is 54.9 Å². The zero-order valence-corrected chi connectivity index (χ0v) is 12.3. The highest BCUT2D eigenvalue weighted by Crippen LogP contribution is 1.98. The van der Waals surface area contributed by atoms with Crippen molar-refractivity contribution in [3.8, 4) is 0 Å². The van der Waals surface area contributed by atoms with Gasteiger partial charge in [-0.2, -0.15) is 0 Å². The van der Waals surface area contributed by atoms with Gasteiger partial charge >= 0.3 is 0 Å². The second-order valence-corrected chi connectivity index (χ2v) is 4.86. The molecule has 22 heavy (non-hydrogen) atoms. The predicted octanol–water partition coefficient (Wildman–Crippen LogP) is 1.91. The van der Waals surface area contributed by atoms with Crippen molar-refractivity contribution in [1.29, 1.82) is 0 Å². The van der Waals surface area contributed by atoms with Crippen LogP contribution in [0.2, 0.25) is 0 Å². The highest BCUT2D eigenvalue weighted by atomic mass is 16.2. The number of nitrogens with one attached hydrogen (secondary N) is 2. The molecule has 2 N–H and O–H groups in total. The molecule has 114 valence electrons. The quantitative estimate of drug-likeness (QED) is 0.767. The van der Waals surface area contributed by atoms with Crippen molar-refractivity contribution in [3.63, 3.8) is 0 Å². The number of rotatable bonds is 7. The van der Waals surface area contributed by atoms with E-state index in [0.29, 0.717) is 31.5 Å². The van der Waals surface area contributed by atoms with Gasteiger partial charge in [0.15, 0.2) is 0 Å². The Morgan fingerprint density at radius 1 is 1.00 bits per heavy atom. The van der Waals surface area contributed by atoms with E-state index in [1.165, 1.54) is 6.20 Å². The van der Waals surface area contributed by atoms with Crippen molar-refractivity contribution >= 4 is 11.8 Å². The first kappa shape index (κ1) is 15.7. The minimum absolute atomic E-state index is 0.0144. The summed E-state index contributed by atoms with van der Waals surface area (Å²) in [5.41, 5.74) is 1.59. The number of hydrogen-bond acceptors (Lipinski definition) is 3. The van der Waals surface area contributed by atoms with Crippen LogP contribution in [-0.2, 0) is 11.3 Å². The lowest BCUT2D eigenvalue weighted by molar-refractivity contribution is -0.121. The molecule has 0 fully saturated rings. The van der Waals surface area contributed by atoms with Crippen LogP contribution in [0.4, 0.5) is 0 Å². The minimum atomic E-state index is -0.169. The number of carbonyl (C=O) groups is 2. The topological polar surface area (TPSA) is 71.1 Å². The minimum Gasteiger partial charge on any atom is -0.352 e. The molecule has 0 radical (unpaired) electrons. The molecular formula is C17H19N3O2. The molecule has 1 aromatic carbocycles. The van der Waals surface area contributed by atoms with Gasteiger partial charge in [-0.1, -0.05) is 30.3 Å². The Balaban J connectivity index is 1.60. The Morgan fingerprint density at radius 2 is 1.82 bits per heavy atom. The summed E-state index contributed by atoms with van der Waals surface area (Å²) in [6.45, 7) is 0.994. The van der Waals surface area contributed by atoms with E-state index in [0.717, 1.165) is 5.56 Å². The molecule has 0 unspecified atom stereocenters. The maximum Gasteiger partial charge on any atom is 0.252 e. The molecular weight excluding hydrogens is 278 g/mol. The van der Waals surface area contributed by atoms with Crippen LogP contribution in [0.5, 0.6) is 0 Å².